The zero-order valence-corrected chi connectivity index (χ0v) is 19.2. The minimum Gasteiger partial charge on any atom is -0.493 e. The van der Waals surface area contributed by atoms with Gasteiger partial charge in [0.25, 0.3) is 11.5 Å². The number of rotatable bonds is 5. The van der Waals surface area contributed by atoms with Gasteiger partial charge in [-0.05, 0) is 12.5 Å². The molecule has 1 atom stereocenters. The van der Waals surface area contributed by atoms with Gasteiger partial charge in [0.1, 0.15) is 5.39 Å². The quantitative estimate of drug-likeness (QED) is 0.464. The molecule has 1 amide bonds. The molecule has 8 heteroatoms. The summed E-state index contributed by atoms with van der Waals surface area (Å²) in [4.78, 5) is 42.0. The number of amides is 1. The third kappa shape index (κ3) is 3.38. The molecule has 174 valence electrons. The Morgan fingerprint density at radius 2 is 1.79 bits per heavy atom. The number of methoxy groups -OCH3 is 1. The maximum Gasteiger partial charge on any atom is 0.274 e. The molecule has 5 rings (SSSR count). The van der Waals surface area contributed by atoms with Crippen LogP contribution in [0.2, 0.25) is 0 Å². The summed E-state index contributed by atoms with van der Waals surface area (Å²) in [6.45, 7) is 0.892. The van der Waals surface area contributed by atoms with Crippen molar-refractivity contribution in [2.75, 3.05) is 20.2 Å². The Kier molecular flexibility index (Phi) is 5.45. The molecule has 0 unspecified atom stereocenters. The molecule has 3 heterocycles. The van der Waals surface area contributed by atoms with Gasteiger partial charge >= 0.3 is 0 Å². The Labute approximate surface area is 196 Å². The van der Waals surface area contributed by atoms with E-state index in [4.69, 9.17) is 10.5 Å². The molecule has 1 aliphatic rings. The minimum atomic E-state index is -0.373. The van der Waals surface area contributed by atoms with Crippen LogP contribution in [0.4, 0.5) is 0 Å². The number of aryl methyl sites for hydroxylation is 1. The SMILES string of the molecule is COc1c(C(=O)N2CC[C@@H](N)C2)n(C)c2c1c(=O)n(CC(=O)c1ccccc1)c1ccccc21. The molecule has 2 N–H and O–H groups in total. The summed E-state index contributed by atoms with van der Waals surface area (Å²) in [5.74, 6) is -0.178. The van der Waals surface area contributed by atoms with E-state index < -0.39 is 0 Å². The summed E-state index contributed by atoms with van der Waals surface area (Å²) in [6.07, 6.45) is 0.731. The number of nitrogens with zero attached hydrogens (tertiary/aromatic N) is 3. The summed E-state index contributed by atoms with van der Waals surface area (Å²) >= 11 is 0. The molecule has 1 aliphatic heterocycles. The Morgan fingerprint density at radius 3 is 2.47 bits per heavy atom. The van der Waals surface area contributed by atoms with Crippen LogP contribution in [0.25, 0.3) is 21.8 Å². The smallest absolute Gasteiger partial charge is 0.274 e. The second-order valence-corrected chi connectivity index (χ2v) is 8.66. The van der Waals surface area contributed by atoms with Crippen molar-refractivity contribution in [1.82, 2.24) is 14.0 Å². The molecule has 2 aromatic carbocycles. The second kappa shape index (κ2) is 8.46. The number of benzene rings is 2. The highest BCUT2D eigenvalue weighted by Crippen LogP contribution is 2.35. The van der Waals surface area contributed by atoms with E-state index in [0.717, 1.165) is 11.8 Å². The van der Waals surface area contributed by atoms with Crippen molar-refractivity contribution < 1.29 is 14.3 Å². The number of aromatic nitrogens is 2. The van der Waals surface area contributed by atoms with Crippen molar-refractivity contribution >= 4 is 33.5 Å². The average Bonchev–Trinajstić information content (AvgIpc) is 3.42. The molecule has 0 aliphatic carbocycles. The van der Waals surface area contributed by atoms with Crippen LogP contribution in [0, 0.1) is 0 Å². The first-order valence-electron chi connectivity index (χ1n) is 11.2. The lowest BCUT2D eigenvalue weighted by Gasteiger charge is -2.17. The molecule has 0 bridgehead atoms. The van der Waals surface area contributed by atoms with Crippen molar-refractivity contribution in [3.05, 3.63) is 76.2 Å². The van der Waals surface area contributed by atoms with Gasteiger partial charge in [-0.1, -0.05) is 48.5 Å². The molecule has 0 spiro atoms. The van der Waals surface area contributed by atoms with Crippen LogP contribution in [0.1, 0.15) is 27.3 Å². The number of ketones is 1. The topological polar surface area (TPSA) is 99.6 Å². The third-order valence-electron chi connectivity index (χ3n) is 6.57. The van der Waals surface area contributed by atoms with Crippen molar-refractivity contribution in [3.8, 4) is 5.75 Å². The van der Waals surface area contributed by atoms with E-state index in [2.05, 4.69) is 0 Å². The molecular weight excluding hydrogens is 432 g/mol. The predicted molar refractivity (Wildman–Crippen MR) is 131 cm³/mol. The minimum absolute atomic E-state index is 0.0633. The van der Waals surface area contributed by atoms with E-state index in [1.165, 1.54) is 11.7 Å². The van der Waals surface area contributed by atoms with E-state index in [1.54, 1.807) is 40.8 Å². The number of carbonyl (C=O) groups is 2. The number of fused-ring (bicyclic) bond motifs is 3. The average molecular weight is 459 g/mol. The largest absolute Gasteiger partial charge is 0.493 e. The van der Waals surface area contributed by atoms with Gasteiger partial charge in [0.05, 0.1) is 24.7 Å². The predicted octanol–water partition coefficient (Wildman–Crippen LogP) is 2.56. The summed E-state index contributed by atoms with van der Waals surface area (Å²) in [5.41, 5.74) is 7.71. The summed E-state index contributed by atoms with van der Waals surface area (Å²) < 4.78 is 8.86. The maximum absolute atomic E-state index is 13.8. The van der Waals surface area contributed by atoms with E-state index in [1.807, 2.05) is 30.3 Å². The fraction of sp³-hybridized carbons (Fsp3) is 0.269. The molecule has 1 saturated heterocycles. The van der Waals surface area contributed by atoms with E-state index in [-0.39, 0.29) is 41.0 Å². The molecular formula is C26H26N4O4. The van der Waals surface area contributed by atoms with Crippen molar-refractivity contribution in [1.29, 1.82) is 0 Å². The first kappa shape index (κ1) is 21.9. The van der Waals surface area contributed by atoms with Gasteiger partial charge in [-0.15, -0.1) is 0 Å². The van der Waals surface area contributed by atoms with Crippen LogP contribution in [-0.4, -0.2) is 52.0 Å². The normalized spacial score (nSPS) is 15.9. The highest BCUT2D eigenvalue weighted by molar-refractivity contribution is 6.12. The molecule has 4 aromatic rings. The molecule has 34 heavy (non-hydrogen) atoms. The number of ether oxygens (including phenoxy) is 1. The van der Waals surface area contributed by atoms with Crippen molar-refractivity contribution in [2.24, 2.45) is 12.8 Å². The second-order valence-electron chi connectivity index (χ2n) is 8.66. The van der Waals surface area contributed by atoms with Crippen LogP contribution < -0.4 is 16.0 Å². The Hall–Kier alpha value is -3.91. The highest BCUT2D eigenvalue weighted by Gasteiger charge is 2.32. The molecule has 0 radical (unpaired) electrons. The Morgan fingerprint density at radius 1 is 1.09 bits per heavy atom. The number of carbonyl (C=O) groups excluding carboxylic acids is 2. The Bertz CT molecular complexity index is 1490. The number of hydrogen-bond donors (Lipinski definition) is 1. The number of likely N-dealkylation sites (tertiary alicyclic amines) is 1. The lowest BCUT2D eigenvalue weighted by molar-refractivity contribution is 0.0778. The van der Waals surface area contributed by atoms with Crippen LogP contribution in [-0.2, 0) is 13.6 Å². The molecule has 2 aromatic heterocycles. The lowest BCUT2D eigenvalue weighted by atomic mass is 10.1. The van der Waals surface area contributed by atoms with Crippen molar-refractivity contribution in [3.63, 3.8) is 0 Å². The van der Waals surface area contributed by atoms with Crippen LogP contribution in [0.3, 0.4) is 0 Å². The number of hydrogen-bond acceptors (Lipinski definition) is 5. The van der Waals surface area contributed by atoms with E-state index in [0.29, 0.717) is 35.4 Å². The van der Waals surface area contributed by atoms with Gasteiger partial charge in [-0.25, -0.2) is 0 Å². The fourth-order valence-electron chi connectivity index (χ4n) is 4.90. The first-order valence-corrected chi connectivity index (χ1v) is 11.2. The zero-order valence-electron chi connectivity index (χ0n) is 19.2. The number of para-hydroxylation sites is 1. The van der Waals surface area contributed by atoms with Crippen LogP contribution in [0.15, 0.2) is 59.4 Å². The van der Waals surface area contributed by atoms with Gasteiger partial charge in [0.15, 0.2) is 17.2 Å². The number of Topliss-reactive ketones (excluding diaryl/α,β-unsaturated/α-hetero) is 1. The van der Waals surface area contributed by atoms with E-state index >= 15 is 0 Å². The standard InChI is InChI=1S/C26H26N4O4/c1-28-22-18-10-6-7-11-19(18)30(15-20(31)16-8-4-3-5-9-16)25(32)21(22)24(34-2)23(28)26(33)29-13-12-17(27)14-29/h3-11,17H,12-15,27H2,1-2H3/t17-/m1/s1. The molecule has 1 fully saturated rings. The summed E-state index contributed by atoms with van der Waals surface area (Å²) in [6, 6.07) is 16.2. The number of pyridine rings is 1. The molecule has 8 nitrogen and oxygen atoms in total. The van der Waals surface area contributed by atoms with Crippen LogP contribution in [0.5, 0.6) is 5.75 Å². The monoisotopic (exact) mass is 458 g/mol. The van der Waals surface area contributed by atoms with Crippen LogP contribution >= 0.6 is 0 Å². The summed E-state index contributed by atoms with van der Waals surface area (Å²) in [7, 11) is 3.22. The Balaban J connectivity index is 1.75. The van der Waals surface area contributed by atoms with Gasteiger partial charge in [0, 0.05) is 37.1 Å². The molecule has 0 saturated carbocycles. The number of nitrogens with two attached hydrogens (primary N) is 1. The first-order chi connectivity index (χ1) is 16.4. The van der Waals surface area contributed by atoms with E-state index in [9.17, 15) is 14.4 Å². The van der Waals surface area contributed by atoms with Gasteiger partial charge in [-0.2, -0.15) is 0 Å². The van der Waals surface area contributed by atoms with Gasteiger partial charge in [-0.3, -0.25) is 19.0 Å². The summed E-state index contributed by atoms with van der Waals surface area (Å²) in [5, 5.41) is 1.05. The lowest BCUT2D eigenvalue weighted by Crippen LogP contribution is -2.33. The zero-order chi connectivity index (χ0) is 24.0. The fourth-order valence-corrected chi connectivity index (χ4v) is 4.90. The highest BCUT2D eigenvalue weighted by atomic mass is 16.5. The van der Waals surface area contributed by atoms with Gasteiger partial charge in [0.2, 0.25) is 0 Å². The third-order valence-corrected chi connectivity index (χ3v) is 6.57. The maximum atomic E-state index is 13.8. The van der Waals surface area contributed by atoms with Crippen molar-refractivity contribution in [2.45, 2.75) is 19.0 Å². The van der Waals surface area contributed by atoms with Gasteiger partial charge < -0.3 is 19.9 Å².